The smallest absolute Gasteiger partial charge is 0.0919 e. The van der Waals surface area contributed by atoms with Crippen LogP contribution in [0.3, 0.4) is 0 Å². The molecule has 0 spiro atoms. The Morgan fingerprint density at radius 2 is 2.12 bits per heavy atom. The first-order valence-electron chi connectivity index (χ1n) is 5.66. The maximum absolute atomic E-state index is 10.6. The van der Waals surface area contributed by atoms with E-state index >= 15 is 0 Å². The predicted octanol–water partition coefficient (Wildman–Crippen LogP) is 3.21. The van der Waals surface area contributed by atoms with E-state index in [-0.39, 0.29) is 0 Å². The molecule has 2 aromatic rings. The number of hydrogen-bond acceptors (Lipinski definition) is 3. The molecule has 0 saturated heterocycles. The van der Waals surface area contributed by atoms with Gasteiger partial charge in [0.05, 0.1) is 11.1 Å². The van der Waals surface area contributed by atoms with E-state index in [9.17, 15) is 5.11 Å². The SMILES string of the molecule is Cc1ccc(C)c(C(C)(O)Cc2cncs2)c1. The molecule has 90 valence electrons. The van der Waals surface area contributed by atoms with E-state index < -0.39 is 5.60 Å². The van der Waals surface area contributed by atoms with Crippen molar-refractivity contribution in [2.24, 2.45) is 0 Å². The Morgan fingerprint density at radius 1 is 1.35 bits per heavy atom. The van der Waals surface area contributed by atoms with Gasteiger partial charge in [0.15, 0.2) is 0 Å². The molecule has 0 amide bonds. The fraction of sp³-hybridized carbons (Fsp3) is 0.357. The Bertz CT molecular complexity index is 503. The van der Waals surface area contributed by atoms with Crippen molar-refractivity contribution >= 4 is 11.3 Å². The third-order valence-corrected chi connectivity index (χ3v) is 3.75. The van der Waals surface area contributed by atoms with E-state index in [2.05, 4.69) is 23.2 Å². The Balaban J connectivity index is 2.33. The van der Waals surface area contributed by atoms with Crippen LogP contribution in [0.2, 0.25) is 0 Å². The van der Waals surface area contributed by atoms with Gasteiger partial charge >= 0.3 is 0 Å². The number of aromatic nitrogens is 1. The van der Waals surface area contributed by atoms with E-state index in [1.54, 1.807) is 16.8 Å². The standard InChI is InChI=1S/C14H17NOS/c1-10-4-5-11(2)13(6-10)14(3,16)7-12-8-15-9-17-12/h4-6,8-9,16H,7H2,1-3H3. The second-order valence-electron chi connectivity index (χ2n) is 4.74. The van der Waals surface area contributed by atoms with Crippen molar-refractivity contribution in [3.8, 4) is 0 Å². The summed E-state index contributed by atoms with van der Waals surface area (Å²) in [5, 5.41) is 10.6. The first-order valence-corrected chi connectivity index (χ1v) is 6.54. The van der Waals surface area contributed by atoms with Crippen molar-refractivity contribution in [3.63, 3.8) is 0 Å². The lowest BCUT2D eigenvalue weighted by Crippen LogP contribution is -2.25. The second kappa shape index (κ2) is 4.59. The minimum atomic E-state index is -0.831. The van der Waals surface area contributed by atoms with E-state index in [1.807, 2.05) is 27.0 Å². The van der Waals surface area contributed by atoms with E-state index in [4.69, 9.17) is 0 Å². The fourth-order valence-corrected chi connectivity index (χ4v) is 2.82. The number of hydrogen-bond donors (Lipinski definition) is 1. The number of aliphatic hydroxyl groups is 1. The molecule has 0 radical (unpaired) electrons. The Hall–Kier alpha value is -1.19. The molecule has 0 aliphatic rings. The third kappa shape index (κ3) is 2.73. The van der Waals surface area contributed by atoms with Gasteiger partial charge in [-0.05, 0) is 31.9 Å². The van der Waals surface area contributed by atoms with Gasteiger partial charge in [0.25, 0.3) is 0 Å². The van der Waals surface area contributed by atoms with Crippen LogP contribution in [-0.4, -0.2) is 10.1 Å². The zero-order valence-corrected chi connectivity index (χ0v) is 11.2. The van der Waals surface area contributed by atoms with Crippen LogP contribution in [0.15, 0.2) is 29.9 Å². The zero-order chi connectivity index (χ0) is 12.5. The molecule has 1 aromatic carbocycles. The van der Waals surface area contributed by atoms with Crippen molar-refractivity contribution in [3.05, 3.63) is 51.5 Å². The molecule has 0 bridgehead atoms. The molecular formula is C14H17NOS. The summed E-state index contributed by atoms with van der Waals surface area (Å²) in [7, 11) is 0. The summed E-state index contributed by atoms with van der Waals surface area (Å²) in [4.78, 5) is 5.15. The van der Waals surface area contributed by atoms with Gasteiger partial charge in [-0.15, -0.1) is 11.3 Å². The quantitative estimate of drug-likeness (QED) is 0.903. The van der Waals surface area contributed by atoms with Crippen LogP contribution < -0.4 is 0 Å². The van der Waals surface area contributed by atoms with E-state index in [1.165, 1.54) is 5.56 Å². The number of aryl methyl sites for hydroxylation is 2. The molecule has 2 nitrogen and oxygen atoms in total. The third-order valence-electron chi connectivity index (χ3n) is 2.98. The summed E-state index contributed by atoms with van der Waals surface area (Å²) in [5.74, 6) is 0. The second-order valence-corrected chi connectivity index (χ2v) is 5.71. The molecular weight excluding hydrogens is 230 g/mol. The molecule has 1 unspecified atom stereocenters. The van der Waals surface area contributed by atoms with Crippen molar-refractivity contribution in [1.29, 1.82) is 0 Å². The summed E-state index contributed by atoms with van der Waals surface area (Å²) in [6, 6.07) is 6.20. The van der Waals surface area contributed by atoms with Crippen LogP contribution in [0.25, 0.3) is 0 Å². The molecule has 1 heterocycles. The number of benzene rings is 1. The van der Waals surface area contributed by atoms with Gasteiger partial charge in [-0.2, -0.15) is 0 Å². The number of thiazole rings is 1. The van der Waals surface area contributed by atoms with Crippen LogP contribution in [0.1, 0.15) is 28.5 Å². The van der Waals surface area contributed by atoms with Crippen LogP contribution in [0.4, 0.5) is 0 Å². The molecule has 0 aliphatic heterocycles. The predicted molar refractivity (Wildman–Crippen MR) is 71.3 cm³/mol. The highest BCUT2D eigenvalue weighted by Gasteiger charge is 2.26. The van der Waals surface area contributed by atoms with Crippen molar-refractivity contribution in [1.82, 2.24) is 4.98 Å². The van der Waals surface area contributed by atoms with Crippen LogP contribution in [-0.2, 0) is 12.0 Å². The zero-order valence-electron chi connectivity index (χ0n) is 10.4. The highest BCUT2D eigenvalue weighted by atomic mass is 32.1. The van der Waals surface area contributed by atoms with Crippen LogP contribution >= 0.6 is 11.3 Å². The average Bonchev–Trinajstić information content (AvgIpc) is 2.73. The van der Waals surface area contributed by atoms with Gasteiger partial charge < -0.3 is 5.11 Å². The summed E-state index contributed by atoms with van der Waals surface area (Å²) in [5.41, 5.74) is 4.28. The van der Waals surface area contributed by atoms with E-state index in [0.717, 1.165) is 16.0 Å². The molecule has 17 heavy (non-hydrogen) atoms. The molecule has 3 heteroatoms. The molecule has 0 aliphatic carbocycles. The monoisotopic (exact) mass is 247 g/mol. The van der Waals surface area contributed by atoms with Gasteiger partial charge in [-0.25, -0.2) is 0 Å². The van der Waals surface area contributed by atoms with Gasteiger partial charge in [0, 0.05) is 17.5 Å². The van der Waals surface area contributed by atoms with Gasteiger partial charge in [0.2, 0.25) is 0 Å². The minimum Gasteiger partial charge on any atom is -0.385 e. The highest BCUT2D eigenvalue weighted by Crippen LogP contribution is 2.29. The largest absolute Gasteiger partial charge is 0.385 e. The van der Waals surface area contributed by atoms with Crippen LogP contribution in [0.5, 0.6) is 0 Å². The minimum absolute atomic E-state index is 0.613. The van der Waals surface area contributed by atoms with Crippen molar-refractivity contribution in [2.75, 3.05) is 0 Å². The maximum Gasteiger partial charge on any atom is 0.0919 e. The van der Waals surface area contributed by atoms with Crippen LogP contribution in [0, 0.1) is 13.8 Å². The van der Waals surface area contributed by atoms with E-state index in [0.29, 0.717) is 6.42 Å². The first-order chi connectivity index (χ1) is 7.99. The molecule has 1 aromatic heterocycles. The fourth-order valence-electron chi connectivity index (χ4n) is 2.08. The lowest BCUT2D eigenvalue weighted by Gasteiger charge is -2.25. The Morgan fingerprint density at radius 3 is 2.76 bits per heavy atom. The van der Waals surface area contributed by atoms with Gasteiger partial charge in [-0.1, -0.05) is 23.8 Å². The summed E-state index contributed by atoms with van der Waals surface area (Å²) in [6.07, 6.45) is 2.44. The number of nitrogens with zero attached hydrogens (tertiary/aromatic N) is 1. The Kier molecular flexibility index (Phi) is 3.31. The molecule has 1 atom stereocenters. The van der Waals surface area contributed by atoms with Gasteiger partial charge in [-0.3, -0.25) is 4.98 Å². The van der Waals surface area contributed by atoms with Crippen molar-refractivity contribution in [2.45, 2.75) is 32.8 Å². The Labute approximate surface area is 106 Å². The summed E-state index contributed by atoms with van der Waals surface area (Å²) >= 11 is 1.58. The lowest BCUT2D eigenvalue weighted by atomic mass is 9.88. The van der Waals surface area contributed by atoms with Gasteiger partial charge in [0.1, 0.15) is 0 Å². The van der Waals surface area contributed by atoms with Crippen molar-refractivity contribution < 1.29 is 5.11 Å². The maximum atomic E-state index is 10.6. The molecule has 1 N–H and O–H groups in total. The molecule has 0 fully saturated rings. The number of rotatable bonds is 3. The lowest BCUT2D eigenvalue weighted by molar-refractivity contribution is 0.0577. The highest BCUT2D eigenvalue weighted by molar-refractivity contribution is 7.09. The topological polar surface area (TPSA) is 33.1 Å². The average molecular weight is 247 g/mol. The summed E-state index contributed by atoms with van der Waals surface area (Å²) in [6.45, 7) is 5.95. The first kappa shape index (κ1) is 12.3. The molecule has 2 rings (SSSR count). The molecule has 0 saturated carbocycles. The summed E-state index contributed by atoms with van der Waals surface area (Å²) < 4.78 is 0. The normalized spacial score (nSPS) is 14.6.